The number of carboxylic acid groups (broad SMARTS) is 1. The van der Waals surface area contributed by atoms with Crippen LogP contribution in [-0.2, 0) is 4.79 Å². The molecule has 0 spiro atoms. The minimum Gasteiger partial charge on any atom is -0.479 e. The average Bonchev–Trinajstić information content (AvgIpc) is 2.87. The van der Waals surface area contributed by atoms with E-state index in [-0.39, 0.29) is 16.5 Å². The first-order valence-electron chi connectivity index (χ1n) is 11.7. The lowest BCUT2D eigenvalue weighted by Crippen LogP contribution is -2.31. The molecule has 2 heterocycles. The number of carbonyl (C=O) groups is 1. The van der Waals surface area contributed by atoms with Gasteiger partial charge in [0.15, 0.2) is 6.04 Å². The van der Waals surface area contributed by atoms with Crippen LogP contribution in [0.15, 0.2) is 77.9 Å². The standard InChI is InChI=1S/C28H26FN3O3/c1-31-15-13-19(14-16-31)18-7-9-20(10-8-18)22-11-12-23-24(25(22)29)27(33)32(17-30-23)26(28(34)35)21-5-3-2-4-6-21/h2-12,17,19,26H,13-16H2,1H3,(H,34,35). The first kappa shape index (κ1) is 22.9. The van der Waals surface area contributed by atoms with Crippen LogP contribution in [0.5, 0.6) is 0 Å². The average molecular weight is 472 g/mol. The molecule has 1 aliphatic rings. The Morgan fingerprint density at radius 1 is 1.03 bits per heavy atom. The van der Waals surface area contributed by atoms with E-state index < -0.39 is 23.4 Å². The van der Waals surface area contributed by atoms with Gasteiger partial charge in [0.05, 0.1) is 11.8 Å². The Kier molecular flexibility index (Phi) is 6.17. The van der Waals surface area contributed by atoms with Gasteiger partial charge in [-0.2, -0.15) is 0 Å². The van der Waals surface area contributed by atoms with Crippen LogP contribution >= 0.6 is 0 Å². The van der Waals surface area contributed by atoms with Gasteiger partial charge in [0.25, 0.3) is 5.56 Å². The van der Waals surface area contributed by atoms with Crippen molar-refractivity contribution in [1.29, 1.82) is 0 Å². The van der Waals surface area contributed by atoms with E-state index in [0.29, 0.717) is 17.0 Å². The fourth-order valence-electron chi connectivity index (χ4n) is 4.92. The Labute approximate surface area is 202 Å². The van der Waals surface area contributed by atoms with Crippen LogP contribution in [-0.4, -0.2) is 45.7 Å². The predicted octanol–water partition coefficient (Wildman–Crippen LogP) is 4.69. The molecule has 0 amide bonds. The molecule has 1 aliphatic heterocycles. The van der Waals surface area contributed by atoms with Gasteiger partial charge in [-0.25, -0.2) is 14.2 Å². The van der Waals surface area contributed by atoms with Crippen molar-refractivity contribution in [2.45, 2.75) is 24.8 Å². The van der Waals surface area contributed by atoms with E-state index in [0.717, 1.165) is 30.5 Å². The Bertz CT molecular complexity index is 1430. The summed E-state index contributed by atoms with van der Waals surface area (Å²) in [4.78, 5) is 31.9. The van der Waals surface area contributed by atoms with Crippen molar-refractivity contribution in [1.82, 2.24) is 14.5 Å². The van der Waals surface area contributed by atoms with E-state index in [2.05, 4.69) is 16.9 Å². The Hall–Kier alpha value is -3.84. The number of hydrogen-bond donors (Lipinski definition) is 1. The molecule has 6 nitrogen and oxygen atoms in total. The second-order valence-corrected chi connectivity index (χ2v) is 9.13. The molecule has 178 valence electrons. The molecule has 7 heteroatoms. The Morgan fingerprint density at radius 3 is 2.37 bits per heavy atom. The van der Waals surface area contributed by atoms with Gasteiger partial charge >= 0.3 is 5.97 Å². The number of piperidine rings is 1. The molecule has 3 aromatic carbocycles. The summed E-state index contributed by atoms with van der Waals surface area (Å²) in [5.41, 5.74) is 2.05. The smallest absolute Gasteiger partial charge is 0.331 e. The summed E-state index contributed by atoms with van der Waals surface area (Å²) in [7, 11) is 2.13. The molecule has 1 unspecified atom stereocenters. The Morgan fingerprint density at radius 2 is 1.71 bits per heavy atom. The number of rotatable bonds is 5. The van der Waals surface area contributed by atoms with Gasteiger partial charge < -0.3 is 10.0 Å². The molecule has 35 heavy (non-hydrogen) atoms. The van der Waals surface area contributed by atoms with Gasteiger partial charge in [-0.1, -0.05) is 54.6 Å². The summed E-state index contributed by atoms with van der Waals surface area (Å²) in [5, 5.41) is 9.63. The molecular weight excluding hydrogens is 445 g/mol. The summed E-state index contributed by atoms with van der Waals surface area (Å²) in [6.45, 7) is 2.12. The minimum atomic E-state index is -1.31. The second kappa shape index (κ2) is 9.43. The lowest BCUT2D eigenvalue weighted by molar-refractivity contribution is -0.139. The van der Waals surface area contributed by atoms with Crippen LogP contribution in [0, 0.1) is 5.82 Å². The number of halogens is 1. The SMILES string of the molecule is CN1CCC(c2ccc(-c3ccc4ncn(C(C(=O)O)c5ccccc5)c(=O)c4c3F)cc2)CC1. The summed E-state index contributed by atoms with van der Waals surface area (Å²) in [6.07, 6.45) is 3.36. The summed E-state index contributed by atoms with van der Waals surface area (Å²) < 4.78 is 16.7. The van der Waals surface area contributed by atoms with Crippen molar-refractivity contribution in [2.24, 2.45) is 0 Å². The molecule has 1 aromatic heterocycles. The third-order valence-electron chi connectivity index (χ3n) is 6.93. The van der Waals surface area contributed by atoms with Crippen LogP contribution in [0.4, 0.5) is 4.39 Å². The first-order chi connectivity index (χ1) is 16.9. The van der Waals surface area contributed by atoms with Crippen LogP contribution in [0.2, 0.25) is 0 Å². The largest absolute Gasteiger partial charge is 0.479 e. The third-order valence-corrected chi connectivity index (χ3v) is 6.93. The van der Waals surface area contributed by atoms with E-state index in [9.17, 15) is 14.7 Å². The zero-order valence-corrected chi connectivity index (χ0v) is 19.4. The fourth-order valence-corrected chi connectivity index (χ4v) is 4.92. The van der Waals surface area contributed by atoms with Gasteiger partial charge in [0.1, 0.15) is 11.2 Å². The minimum absolute atomic E-state index is 0.188. The maximum absolute atomic E-state index is 15.8. The molecule has 1 N–H and O–H groups in total. The van der Waals surface area contributed by atoms with Gasteiger partial charge in [-0.15, -0.1) is 0 Å². The van der Waals surface area contributed by atoms with Crippen molar-refractivity contribution >= 4 is 16.9 Å². The highest BCUT2D eigenvalue weighted by Crippen LogP contribution is 2.31. The quantitative estimate of drug-likeness (QED) is 0.457. The number of likely N-dealkylation sites (tertiary alicyclic amines) is 1. The Balaban J connectivity index is 1.55. The summed E-state index contributed by atoms with van der Waals surface area (Å²) >= 11 is 0. The van der Waals surface area contributed by atoms with Gasteiger partial charge in [0.2, 0.25) is 0 Å². The van der Waals surface area contributed by atoms with Crippen molar-refractivity contribution in [3.63, 3.8) is 0 Å². The lowest BCUT2D eigenvalue weighted by Gasteiger charge is -2.29. The maximum atomic E-state index is 15.8. The van der Waals surface area contributed by atoms with Crippen molar-refractivity contribution < 1.29 is 14.3 Å². The van der Waals surface area contributed by atoms with Crippen LogP contribution in [0.25, 0.3) is 22.0 Å². The highest BCUT2D eigenvalue weighted by atomic mass is 19.1. The van der Waals surface area contributed by atoms with Crippen LogP contribution in [0.3, 0.4) is 0 Å². The molecule has 1 saturated heterocycles. The third kappa shape index (κ3) is 4.35. The zero-order valence-electron chi connectivity index (χ0n) is 19.4. The van der Waals surface area contributed by atoms with Crippen molar-refractivity contribution in [2.75, 3.05) is 20.1 Å². The molecule has 5 rings (SSSR count). The van der Waals surface area contributed by atoms with E-state index in [1.807, 2.05) is 24.3 Å². The molecule has 1 fully saturated rings. The number of benzene rings is 3. The fraction of sp³-hybridized carbons (Fsp3) is 0.250. The molecular formula is C28H26FN3O3. The van der Waals surface area contributed by atoms with Gasteiger partial charge in [0, 0.05) is 5.56 Å². The highest BCUT2D eigenvalue weighted by molar-refractivity contribution is 5.85. The number of nitrogens with zero attached hydrogens (tertiary/aromatic N) is 3. The summed E-state index contributed by atoms with van der Waals surface area (Å²) in [5.74, 6) is -1.43. The van der Waals surface area contributed by atoms with E-state index >= 15 is 4.39 Å². The van der Waals surface area contributed by atoms with Crippen LogP contribution < -0.4 is 5.56 Å². The zero-order chi connectivity index (χ0) is 24.5. The van der Waals surface area contributed by atoms with Crippen molar-refractivity contribution in [3.8, 4) is 11.1 Å². The monoisotopic (exact) mass is 471 g/mol. The highest BCUT2D eigenvalue weighted by Gasteiger charge is 2.25. The molecule has 0 aliphatic carbocycles. The number of hydrogen-bond acceptors (Lipinski definition) is 4. The molecule has 0 radical (unpaired) electrons. The predicted molar refractivity (Wildman–Crippen MR) is 133 cm³/mol. The molecule has 0 bridgehead atoms. The first-order valence-corrected chi connectivity index (χ1v) is 11.7. The number of fused-ring (bicyclic) bond motifs is 1. The van der Waals surface area contributed by atoms with Gasteiger partial charge in [-0.05, 0) is 67.7 Å². The molecule has 4 aromatic rings. The van der Waals surface area contributed by atoms with Gasteiger partial charge in [-0.3, -0.25) is 9.36 Å². The lowest BCUT2D eigenvalue weighted by atomic mass is 9.88. The molecule has 0 saturated carbocycles. The van der Waals surface area contributed by atoms with E-state index in [1.165, 1.54) is 11.9 Å². The van der Waals surface area contributed by atoms with Crippen molar-refractivity contribution in [3.05, 3.63) is 100 Å². The summed E-state index contributed by atoms with van der Waals surface area (Å²) in [6, 6.07) is 18.1. The second-order valence-electron chi connectivity index (χ2n) is 9.13. The number of aromatic nitrogens is 2. The maximum Gasteiger partial charge on any atom is 0.331 e. The van der Waals surface area contributed by atoms with E-state index in [4.69, 9.17) is 0 Å². The number of carboxylic acids is 1. The topological polar surface area (TPSA) is 75.4 Å². The normalized spacial score (nSPS) is 15.8. The number of aliphatic carboxylic acids is 1. The molecule has 1 atom stereocenters. The van der Waals surface area contributed by atoms with E-state index in [1.54, 1.807) is 42.5 Å². The van der Waals surface area contributed by atoms with Crippen LogP contribution in [0.1, 0.15) is 35.9 Å².